The first kappa shape index (κ1) is 10.1. The third-order valence-corrected chi connectivity index (χ3v) is 1.69. The van der Waals surface area contributed by atoms with Crippen LogP contribution in [-0.4, -0.2) is 25.3 Å². The number of hydrogen-bond acceptors (Lipinski definition) is 2. The number of methoxy groups -OCH3 is 2. The van der Waals surface area contributed by atoms with Gasteiger partial charge in [-0.15, -0.1) is 0 Å². The lowest BCUT2D eigenvalue weighted by molar-refractivity contribution is -0.155. The van der Waals surface area contributed by atoms with Gasteiger partial charge in [0, 0.05) is 19.5 Å². The Morgan fingerprint density at radius 2 is 1.90 bits per heavy atom. The van der Waals surface area contributed by atoms with Gasteiger partial charge < -0.3 is 9.47 Å². The lowest BCUT2D eigenvalue weighted by Crippen LogP contribution is -2.26. The van der Waals surface area contributed by atoms with E-state index in [0.29, 0.717) is 0 Å². The van der Waals surface area contributed by atoms with Gasteiger partial charge in [-0.25, -0.2) is 0 Å². The Bertz CT molecular complexity index is 108. The van der Waals surface area contributed by atoms with Crippen LogP contribution in [0.5, 0.6) is 0 Å². The van der Waals surface area contributed by atoms with E-state index in [-0.39, 0.29) is 0 Å². The normalized spacial score (nSPS) is 12.8. The quantitative estimate of drug-likeness (QED) is 0.400. The van der Waals surface area contributed by atoms with Crippen LogP contribution in [-0.2, 0) is 9.47 Å². The topological polar surface area (TPSA) is 18.5 Å². The average Bonchev–Trinajstić information content (AvgIpc) is 2.00. The summed E-state index contributed by atoms with van der Waals surface area (Å²) in [6.07, 6.45) is 3.80. The summed E-state index contributed by atoms with van der Waals surface area (Å²) in [6, 6.07) is 0. The first-order valence-electron chi connectivity index (χ1n) is 3.02. The minimum Gasteiger partial charge on any atom is -0.350 e. The van der Waals surface area contributed by atoms with Crippen LogP contribution in [0, 0.1) is 0 Å². The maximum Gasteiger partial charge on any atom is 0.184 e. The third-order valence-electron chi connectivity index (χ3n) is 1.32. The number of hydrogen-bond donors (Lipinski definition) is 0. The van der Waals surface area contributed by atoms with Crippen LogP contribution in [0.4, 0.5) is 0 Å². The lowest BCUT2D eigenvalue weighted by atomic mass is 10.3. The molecule has 0 spiro atoms. The van der Waals surface area contributed by atoms with Gasteiger partial charge in [-0.1, -0.05) is 22.0 Å². The standard InChI is InChI=1S/C7H13BrO2/c1-7(9-2,10-3)5-4-6-8/h4-5H,6H2,1-3H3/b5-4+. The summed E-state index contributed by atoms with van der Waals surface area (Å²) >= 11 is 3.26. The van der Waals surface area contributed by atoms with E-state index in [2.05, 4.69) is 15.9 Å². The maximum absolute atomic E-state index is 5.06. The second-order valence-corrected chi connectivity index (χ2v) is 2.63. The number of rotatable bonds is 4. The van der Waals surface area contributed by atoms with E-state index in [0.717, 1.165) is 5.33 Å². The van der Waals surface area contributed by atoms with Crippen LogP contribution < -0.4 is 0 Å². The van der Waals surface area contributed by atoms with Crippen molar-refractivity contribution in [2.45, 2.75) is 12.7 Å². The van der Waals surface area contributed by atoms with E-state index in [9.17, 15) is 0 Å². The third kappa shape index (κ3) is 3.34. The molecule has 3 heteroatoms. The smallest absolute Gasteiger partial charge is 0.184 e. The minimum atomic E-state index is -0.576. The minimum absolute atomic E-state index is 0.576. The van der Waals surface area contributed by atoms with Gasteiger partial charge >= 0.3 is 0 Å². The van der Waals surface area contributed by atoms with Crippen molar-refractivity contribution >= 4 is 15.9 Å². The van der Waals surface area contributed by atoms with E-state index < -0.39 is 5.79 Å². The average molecular weight is 209 g/mol. The van der Waals surface area contributed by atoms with E-state index in [4.69, 9.17) is 9.47 Å². The summed E-state index contributed by atoms with van der Waals surface area (Å²) in [5, 5.41) is 0.815. The highest BCUT2D eigenvalue weighted by Gasteiger charge is 2.16. The fourth-order valence-electron chi connectivity index (χ4n) is 0.478. The van der Waals surface area contributed by atoms with Crippen molar-refractivity contribution in [1.29, 1.82) is 0 Å². The Morgan fingerprint density at radius 1 is 1.40 bits per heavy atom. The molecule has 0 bridgehead atoms. The Balaban J connectivity index is 3.92. The van der Waals surface area contributed by atoms with Crippen molar-refractivity contribution in [3.05, 3.63) is 12.2 Å². The molecule has 0 radical (unpaired) electrons. The predicted octanol–water partition coefficient (Wildman–Crippen LogP) is 1.95. The Labute approximate surface area is 70.3 Å². The number of allylic oxidation sites excluding steroid dienone is 1. The largest absolute Gasteiger partial charge is 0.350 e. The van der Waals surface area contributed by atoms with Gasteiger partial charge in [0.05, 0.1) is 0 Å². The zero-order chi connectivity index (χ0) is 8.04. The molecular formula is C7H13BrO2. The molecule has 0 aliphatic carbocycles. The molecule has 0 heterocycles. The zero-order valence-corrected chi connectivity index (χ0v) is 8.14. The van der Waals surface area contributed by atoms with Crippen LogP contribution in [0.15, 0.2) is 12.2 Å². The molecule has 0 aliphatic heterocycles. The molecule has 60 valence electrons. The second kappa shape index (κ2) is 4.88. The van der Waals surface area contributed by atoms with Gasteiger partial charge in [0.25, 0.3) is 0 Å². The van der Waals surface area contributed by atoms with Crippen LogP contribution in [0.2, 0.25) is 0 Å². The molecule has 2 nitrogen and oxygen atoms in total. The zero-order valence-electron chi connectivity index (χ0n) is 6.56. The van der Waals surface area contributed by atoms with Crippen molar-refractivity contribution in [2.24, 2.45) is 0 Å². The summed E-state index contributed by atoms with van der Waals surface area (Å²) in [5.41, 5.74) is 0. The molecule has 0 fully saturated rings. The first-order valence-corrected chi connectivity index (χ1v) is 4.14. The number of alkyl halides is 1. The van der Waals surface area contributed by atoms with Crippen LogP contribution in [0.1, 0.15) is 6.92 Å². The van der Waals surface area contributed by atoms with Crippen LogP contribution in [0.3, 0.4) is 0 Å². The molecule has 0 atom stereocenters. The van der Waals surface area contributed by atoms with Gasteiger partial charge in [-0.3, -0.25) is 0 Å². The van der Waals surface area contributed by atoms with Crippen molar-refractivity contribution in [3.8, 4) is 0 Å². The van der Waals surface area contributed by atoms with Gasteiger partial charge in [0.2, 0.25) is 0 Å². The molecule has 0 rings (SSSR count). The van der Waals surface area contributed by atoms with Crippen molar-refractivity contribution in [1.82, 2.24) is 0 Å². The SMILES string of the molecule is COC(C)(/C=C/CBr)OC. The molecule has 0 saturated heterocycles. The number of ether oxygens (including phenoxy) is 2. The molecule has 0 N–H and O–H groups in total. The van der Waals surface area contributed by atoms with Gasteiger partial charge in [-0.2, -0.15) is 0 Å². The van der Waals surface area contributed by atoms with Crippen molar-refractivity contribution in [3.63, 3.8) is 0 Å². The monoisotopic (exact) mass is 208 g/mol. The highest BCUT2D eigenvalue weighted by atomic mass is 79.9. The van der Waals surface area contributed by atoms with E-state index >= 15 is 0 Å². The highest BCUT2D eigenvalue weighted by molar-refractivity contribution is 9.09. The maximum atomic E-state index is 5.06. The lowest BCUT2D eigenvalue weighted by Gasteiger charge is -2.21. The molecule has 0 amide bonds. The molecule has 0 aromatic rings. The van der Waals surface area contributed by atoms with E-state index in [1.54, 1.807) is 14.2 Å². The van der Waals surface area contributed by atoms with E-state index in [1.807, 2.05) is 19.1 Å². The summed E-state index contributed by atoms with van der Waals surface area (Å²) < 4.78 is 10.1. The van der Waals surface area contributed by atoms with Crippen LogP contribution >= 0.6 is 15.9 Å². The Kier molecular flexibility index (Phi) is 4.95. The summed E-state index contributed by atoms with van der Waals surface area (Å²) in [7, 11) is 3.23. The molecule has 10 heavy (non-hydrogen) atoms. The molecule has 0 aliphatic rings. The molecule has 0 aromatic carbocycles. The molecule has 0 saturated carbocycles. The summed E-state index contributed by atoms with van der Waals surface area (Å²) in [6.45, 7) is 1.85. The molecule has 0 aromatic heterocycles. The molecular weight excluding hydrogens is 196 g/mol. The Hall–Kier alpha value is 0.140. The summed E-state index contributed by atoms with van der Waals surface area (Å²) in [4.78, 5) is 0. The highest BCUT2D eigenvalue weighted by Crippen LogP contribution is 2.11. The van der Waals surface area contributed by atoms with Gasteiger partial charge in [0.1, 0.15) is 0 Å². The van der Waals surface area contributed by atoms with E-state index in [1.165, 1.54) is 0 Å². The fraction of sp³-hybridized carbons (Fsp3) is 0.714. The Morgan fingerprint density at radius 3 is 2.20 bits per heavy atom. The van der Waals surface area contributed by atoms with Gasteiger partial charge in [-0.05, 0) is 13.0 Å². The second-order valence-electron chi connectivity index (χ2n) is 1.98. The molecule has 0 unspecified atom stereocenters. The van der Waals surface area contributed by atoms with Crippen molar-refractivity contribution < 1.29 is 9.47 Å². The van der Waals surface area contributed by atoms with Crippen LogP contribution in [0.25, 0.3) is 0 Å². The summed E-state index contributed by atoms with van der Waals surface area (Å²) in [5.74, 6) is -0.576. The fourth-order valence-corrected chi connectivity index (χ4v) is 0.665. The first-order chi connectivity index (χ1) is 4.68. The van der Waals surface area contributed by atoms with Crippen molar-refractivity contribution in [2.75, 3.05) is 19.5 Å². The number of halogens is 1. The van der Waals surface area contributed by atoms with Gasteiger partial charge in [0.15, 0.2) is 5.79 Å². The predicted molar refractivity (Wildman–Crippen MR) is 45.4 cm³/mol.